The van der Waals surface area contributed by atoms with E-state index in [1.807, 2.05) is 24.8 Å². The van der Waals surface area contributed by atoms with Gasteiger partial charge >= 0.3 is 12.1 Å². The number of aliphatic hydroxyl groups is 1. The molecule has 2 heterocycles. The number of carbonyl (C=O) groups is 2. The minimum atomic E-state index is -3.08. The summed E-state index contributed by atoms with van der Waals surface area (Å²) in [6.45, 7) is 6.16. The van der Waals surface area contributed by atoms with Gasteiger partial charge in [-0.1, -0.05) is 26.0 Å². The summed E-state index contributed by atoms with van der Waals surface area (Å²) in [7, 11) is 0.130. The maximum Gasteiger partial charge on any atom is 0.409 e. The maximum atomic E-state index is 14.6. The van der Waals surface area contributed by atoms with Crippen LogP contribution in [0.4, 0.5) is 14.9 Å². The third-order valence-corrected chi connectivity index (χ3v) is 8.93. The maximum absolute atomic E-state index is 14.6. The number of hydrogen-bond donors (Lipinski definition) is 1. The standard InChI is InChI=1S/C29H41FN2O7S/c1-19-6-8-25(33)18-27(34)39-28(20(2)7-9-26(19)38-29(35)31(4)5)21(3)14-22-15-23(30)17-24(16-22)32-10-12-40(36,37)13-11-32/h7,9,14-17,19-20,25-26,28,33H,6,8,10-13,18H2,1-5H3/b9-7-,21-14+/t19-,20-,25+,26-,28-/m0/s1. The van der Waals surface area contributed by atoms with Crippen molar-refractivity contribution in [2.24, 2.45) is 11.8 Å². The van der Waals surface area contributed by atoms with Crippen LogP contribution in [0.25, 0.3) is 6.08 Å². The van der Waals surface area contributed by atoms with Crippen molar-refractivity contribution in [3.8, 4) is 0 Å². The molecule has 1 saturated heterocycles. The van der Waals surface area contributed by atoms with Crippen molar-refractivity contribution in [2.45, 2.75) is 58.3 Å². The number of carbonyl (C=O) groups excluding carboxylic acids is 2. The first-order valence-electron chi connectivity index (χ1n) is 13.6. The highest BCUT2D eigenvalue weighted by Gasteiger charge is 2.28. The van der Waals surface area contributed by atoms with Crippen molar-refractivity contribution < 1.29 is 37.0 Å². The van der Waals surface area contributed by atoms with Gasteiger partial charge in [-0.3, -0.25) is 4.79 Å². The first-order valence-corrected chi connectivity index (χ1v) is 15.4. The molecule has 9 nitrogen and oxygen atoms in total. The molecule has 0 unspecified atom stereocenters. The van der Waals surface area contributed by atoms with E-state index in [1.165, 1.54) is 17.0 Å². The summed E-state index contributed by atoms with van der Waals surface area (Å²) in [6, 6.07) is 4.53. The Morgan fingerprint density at radius 1 is 1.15 bits per heavy atom. The van der Waals surface area contributed by atoms with Gasteiger partial charge < -0.3 is 24.4 Å². The van der Waals surface area contributed by atoms with E-state index in [4.69, 9.17) is 9.47 Å². The lowest BCUT2D eigenvalue weighted by molar-refractivity contribution is -0.151. The van der Waals surface area contributed by atoms with Crippen LogP contribution in [0, 0.1) is 17.7 Å². The van der Waals surface area contributed by atoms with Crippen LogP contribution in [0.1, 0.15) is 45.6 Å². The lowest BCUT2D eigenvalue weighted by atomic mass is 9.91. The van der Waals surface area contributed by atoms with Crippen molar-refractivity contribution in [3.05, 3.63) is 47.3 Å². The molecule has 3 rings (SSSR count). The van der Waals surface area contributed by atoms with Crippen molar-refractivity contribution in [2.75, 3.05) is 43.6 Å². The summed E-state index contributed by atoms with van der Waals surface area (Å²) in [5, 5.41) is 10.4. The van der Waals surface area contributed by atoms with Crippen LogP contribution in [0.15, 0.2) is 35.9 Å². The van der Waals surface area contributed by atoms with E-state index >= 15 is 0 Å². The number of hydrogen-bond acceptors (Lipinski definition) is 8. The molecule has 222 valence electrons. The Labute approximate surface area is 236 Å². The molecule has 1 fully saturated rings. The second-order valence-corrected chi connectivity index (χ2v) is 13.4. The van der Waals surface area contributed by atoms with Gasteiger partial charge in [-0.15, -0.1) is 0 Å². The van der Waals surface area contributed by atoms with Crippen LogP contribution >= 0.6 is 0 Å². The van der Waals surface area contributed by atoms with E-state index in [0.29, 0.717) is 29.7 Å². The Kier molecular flexibility index (Phi) is 10.8. The minimum absolute atomic E-state index is 0.0188. The first-order chi connectivity index (χ1) is 18.7. The number of sulfone groups is 1. The average molecular weight is 581 g/mol. The van der Waals surface area contributed by atoms with Crippen LogP contribution in [0.2, 0.25) is 0 Å². The molecule has 11 heteroatoms. The highest BCUT2D eigenvalue weighted by Crippen LogP contribution is 2.27. The fourth-order valence-electron chi connectivity index (χ4n) is 4.85. The molecule has 0 aromatic heterocycles. The predicted octanol–water partition coefficient (Wildman–Crippen LogP) is 3.82. The average Bonchev–Trinajstić information content (AvgIpc) is 2.86. The molecule has 1 N–H and O–H groups in total. The first kappa shape index (κ1) is 31.6. The Balaban J connectivity index is 1.90. The van der Waals surface area contributed by atoms with E-state index in [9.17, 15) is 27.5 Å². The molecule has 0 radical (unpaired) electrons. The lowest BCUT2D eigenvalue weighted by Crippen LogP contribution is -2.40. The van der Waals surface area contributed by atoms with Crippen molar-refractivity contribution in [1.82, 2.24) is 4.90 Å². The fraction of sp³-hybridized carbons (Fsp3) is 0.586. The van der Waals surface area contributed by atoms with Crippen LogP contribution < -0.4 is 4.90 Å². The summed E-state index contributed by atoms with van der Waals surface area (Å²) in [6.07, 6.45) is 3.47. The van der Waals surface area contributed by atoms with Crippen molar-refractivity contribution in [1.29, 1.82) is 0 Å². The number of anilines is 1. The predicted molar refractivity (Wildman–Crippen MR) is 152 cm³/mol. The quantitative estimate of drug-likeness (QED) is 0.423. The second-order valence-electron chi connectivity index (χ2n) is 11.1. The number of ether oxygens (including phenoxy) is 2. The van der Waals surface area contributed by atoms with Gasteiger partial charge in [-0.05, 0) is 61.1 Å². The van der Waals surface area contributed by atoms with Gasteiger partial charge in [0, 0.05) is 38.8 Å². The zero-order valence-corrected chi connectivity index (χ0v) is 24.7. The monoisotopic (exact) mass is 580 g/mol. The summed E-state index contributed by atoms with van der Waals surface area (Å²) in [5.41, 5.74) is 1.79. The number of rotatable bonds is 4. The number of halogens is 1. The van der Waals surface area contributed by atoms with Gasteiger partial charge in [0.15, 0.2) is 9.84 Å². The number of benzene rings is 1. The molecule has 0 bridgehead atoms. The summed E-state index contributed by atoms with van der Waals surface area (Å²) in [5.74, 6) is -1.39. The number of esters is 1. The van der Waals surface area contributed by atoms with Crippen LogP contribution in [0.3, 0.4) is 0 Å². The zero-order valence-electron chi connectivity index (χ0n) is 23.9. The zero-order chi connectivity index (χ0) is 29.6. The summed E-state index contributed by atoms with van der Waals surface area (Å²) in [4.78, 5) is 28.2. The van der Waals surface area contributed by atoms with Gasteiger partial charge in [0.2, 0.25) is 0 Å². The number of aliphatic hydroxyl groups excluding tert-OH is 1. The molecular weight excluding hydrogens is 539 g/mol. The summed E-state index contributed by atoms with van der Waals surface area (Å²) < 4.78 is 49.7. The third-order valence-electron chi connectivity index (χ3n) is 7.32. The molecule has 5 atom stereocenters. The molecular formula is C29H41FN2O7S. The van der Waals surface area contributed by atoms with Gasteiger partial charge in [-0.2, -0.15) is 0 Å². The molecule has 2 aliphatic rings. The van der Waals surface area contributed by atoms with Gasteiger partial charge in [0.25, 0.3) is 0 Å². The Morgan fingerprint density at radius 2 is 1.82 bits per heavy atom. The van der Waals surface area contributed by atoms with Crippen molar-refractivity contribution in [3.63, 3.8) is 0 Å². The Morgan fingerprint density at radius 3 is 2.48 bits per heavy atom. The molecule has 1 aromatic carbocycles. The third kappa shape index (κ3) is 9.05. The van der Waals surface area contributed by atoms with Crippen LogP contribution in [-0.4, -0.2) is 87.5 Å². The SMILES string of the molecule is C/C(=C\c1cc(F)cc(N2CCS(=O)(=O)CC2)c1)[C@H]1OC(=O)C[C@H](O)CC[C@H](C)[C@@H](OC(=O)N(C)C)/C=C\[C@@H]1C. The molecule has 2 aliphatic heterocycles. The molecule has 0 aliphatic carbocycles. The fourth-order valence-corrected chi connectivity index (χ4v) is 6.05. The summed E-state index contributed by atoms with van der Waals surface area (Å²) >= 11 is 0. The Bertz CT molecular complexity index is 1220. The van der Waals surface area contributed by atoms with E-state index in [1.54, 1.807) is 39.2 Å². The lowest BCUT2D eigenvalue weighted by Gasteiger charge is -2.29. The van der Waals surface area contributed by atoms with Crippen molar-refractivity contribution >= 4 is 33.7 Å². The van der Waals surface area contributed by atoms with E-state index in [-0.39, 0.29) is 42.9 Å². The Hall–Kier alpha value is -2.92. The highest BCUT2D eigenvalue weighted by molar-refractivity contribution is 7.91. The molecule has 0 saturated carbocycles. The minimum Gasteiger partial charge on any atom is -0.457 e. The van der Waals surface area contributed by atoms with Gasteiger partial charge in [0.05, 0.1) is 24.0 Å². The van der Waals surface area contributed by atoms with Crippen LogP contribution in [0.5, 0.6) is 0 Å². The molecule has 40 heavy (non-hydrogen) atoms. The van der Waals surface area contributed by atoms with E-state index in [0.717, 1.165) is 0 Å². The van der Waals surface area contributed by atoms with E-state index in [2.05, 4.69) is 0 Å². The van der Waals surface area contributed by atoms with Gasteiger partial charge in [0.1, 0.15) is 18.0 Å². The van der Waals surface area contributed by atoms with Crippen LogP contribution in [-0.2, 0) is 24.1 Å². The highest BCUT2D eigenvalue weighted by atomic mass is 32.2. The molecule has 1 aromatic rings. The molecule has 1 amide bonds. The van der Waals surface area contributed by atoms with Gasteiger partial charge in [-0.25, -0.2) is 17.6 Å². The second kappa shape index (κ2) is 13.6. The smallest absolute Gasteiger partial charge is 0.409 e. The van der Waals surface area contributed by atoms with E-state index < -0.39 is 46.0 Å². The molecule has 0 spiro atoms. The largest absolute Gasteiger partial charge is 0.457 e. The topological polar surface area (TPSA) is 113 Å². The number of nitrogens with zero attached hydrogens (tertiary/aromatic N) is 2. The number of cyclic esters (lactones) is 1. The number of amides is 1. The normalized spacial score (nSPS) is 29.0.